The summed E-state index contributed by atoms with van der Waals surface area (Å²) in [5.41, 5.74) is 4.15. The first-order valence-corrected chi connectivity index (χ1v) is 12.1. The SMILES string of the molecule is CN(C(=O)[C@@H]1CNC(=O)C1)C(c1ccc(NC2Cc3ccc(Cl)c(C4CC4)c3C2)cn1)C(F)(F)F. The van der Waals surface area contributed by atoms with Crippen LogP contribution in [-0.2, 0) is 22.4 Å². The Labute approximate surface area is 206 Å². The lowest BCUT2D eigenvalue weighted by Gasteiger charge is -2.31. The van der Waals surface area contributed by atoms with Gasteiger partial charge in [0.25, 0.3) is 0 Å². The smallest absolute Gasteiger partial charge is 0.380 e. The summed E-state index contributed by atoms with van der Waals surface area (Å²) < 4.78 is 41.9. The van der Waals surface area contributed by atoms with Crippen molar-refractivity contribution in [2.24, 2.45) is 5.92 Å². The molecule has 2 fully saturated rings. The van der Waals surface area contributed by atoms with E-state index in [0.29, 0.717) is 16.5 Å². The number of amides is 2. The molecular formula is C25H26ClF3N4O2. The van der Waals surface area contributed by atoms with E-state index in [2.05, 4.69) is 21.7 Å². The van der Waals surface area contributed by atoms with Crippen molar-refractivity contribution in [2.75, 3.05) is 18.9 Å². The van der Waals surface area contributed by atoms with Crippen LogP contribution in [0.1, 0.15) is 53.6 Å². The van der Waals surface area contributed by atoms with Crippen molar-refractivity contribution >= 4 is 29.1 Å². The summed E-state index contributed by atoms with van der Waals surface area (Å²) in [5, 5.41) is 6.69. The van der Waals surface area contributed by atoms with Crippen LogP contribution in [0.2, 0.25) is 5.02 Å². The highest BCUT2D eigenvalue weighted by atomic mass is 35.5. The Morgan fingerprint density at radius 3 is 2.57 bits per heavy atom. The fraction of sp³-hybridized carbons (Fsp3) is 0.480. The number of carbonyl (C=O) groups is 2. The van der Waals surface area contributed by atoms with Crippen molar-refractivity contribution in [2.45, 2.75) is 56.3 Å². The molecule has 35 heavy (non-hydrogen) atoms. The van der Waals surface area contributed by atoms with Crippen molar-refractivity contribution in [3.8, 4) is 0 Å². The molecule has 3 aliphatic rings. The molecule has 1 saturated heterocycles. The molecule has 2 unspecified atom stereocenters. The molecular weight excluding hydrogens is 481 g/mol. The molecule has 2 amide bonds. The number of alkyl halides is 3. The number of hydrogen-bond acceptors (Lipinski definition) is 4. The molecule has 0 spiro atoms. The van der Waals surface area contributed by atoms with Gasteiger partial charge in [-0.3, -0.25) is 14.6 Å². The minimum Gasteiger partial charge on any atom is -0.380 e. The third-order valence-corrected chi connectivity index (χ3v) is 7.44. The standard InChI is InChI=1S/C25H26ClF3N4O2/c1-33(24(35)15-9-21(34)31-11-15)23(25(27,28)29)20-7-5-16(12-30-20)32-17-8-14-4-6-19(26)22(13-2-3-13)18(14)10-17/h4-7,12-13,15,17,23,32H,2-3,8-11H2,1H3,(H,31,34)/t15-,17?,23?/m0/s1. The highest BCUT2D eigenvalue weighted by Crippen LogP contribution is 2.47. The van der Waals surface area contributed by atoms with Gasteiger partial charge in [-0.25, -0.2) is 0 Å². The Morgan fingerprint density at radius 1 is 1.20 bits per heavy atom. The molecule has 2 aliphatic carbocycles. The van der Waals surface area contributed by atoms with Crippen molar-refractivity contribution in [3.05, 3.63) is 57.9 Å². The number of fused-ring (bicyclic) bond motifs is 1. The molecule has 2 aromatic rings. The second-order valence-corrected chi connectivity index (χ2v) is 10.1. The Hall–Kier alpha value is -2.81. The van der Waals surface area contributed by atoms with Gasteiger partial charge in [0.2, 0.25) is 11.8 Å². The quantitative estimate of drug-likeness (QED) is 0.609. The molecule has 10 heteroatoms. The van der Waals surface area contributed by atoms with Crippen LogP contribution < -0.4 is 10.6 Å². The van der Waals surface area contributed by atoms with E-state index in [9.17, 15) is 22.8 Å². The molecule has 0 radical (unpaired) electrons. The summed E-state index contributed by atoms with van der Waals surface area (Å²) in [6.07, 6.45) is 0.486. The minimum atomic E-state index is -4.71. The normalized spacial score (nSPS) is 22.5. The molecule has 1 aromatic carbocycles. The zero-order valence-corrected chi connectivity index (χ0v) is 19.9. The summed E-state index contributed by atoms with van der Waals surface area (Å²) in [7, 11) is 1.11. The van der Waals surface area contributed by atoms with Crippen molar-refractivity contribution in [3.63, 3.8) is 0 Å². The molecule has 2 N–H and O–H groups in total. The number of anilines is 1. The summed E-state index contributed by atoms with van der Waals surface area (Å²) in [4.78, 5) is 28.8. The number of hydrogen-bond donors (Lipinski definition) is 2. The Balaban J connectivity index is 1.29. The number of carbonyl (C=O) groups excluding carboxylic acids is 2. The van der Waals surface area contributed by atoms with E-state index in [1.165, 1.54) is 29.0 Å². The Kier molecular flexibility index (Phi) is 6.15. The second kappa shape index (κ2) is 9.00. The lowest BCUT2D eigenvalue weighted by molar-refractivity contribution is -0.191. The van der Waals surface area contributed by atoms with Gasteiger partial charge < -0.3 is 15.5 Å². The van der Waals surface area contributed by atoms with Gasteiger partial charge >= 0.3 is 6.18 Å². The number of nitrogens with zero attached hydrogens (tertiary/aromatic N) is 2. The molecule has 1 aliphatic heterocycles. The Morgan fingerprint density at radius 2 is 1.97 bits per heavy atom. The summed E-state index contributed by atoms with van der Waals surface area (Å²) >= 11 is 6.46. The first-order chi connectivity index (χ1) is 16.6. The summed E-state index contributed by atoms with van der Waals surface area (Å²) in [5.74, 6) is -1.34. The van der Waals surface area contributed by atoms with E-state index < -0.39 is 24.0 Å². The van der Waals surface area contributed by atoms with E-state index in [1.54, 1.807) is 6.07 Å². The zero-order valence-electron chi connectivity index (χ0n) is 19.2. The van der Waals surface area contributed by atoms with Gasteiger partial charge in [-0.15, -0.1) is 0 Å². The maximum Gasteiger partial charge on any atom is 0.414 e. The van der Waals surface area contributed by atoms with Crippen LogP contribution in [0.25, 0.3) is 0 Å². The van der Waals surface area contributed by atoms with Gasteiger partial charge in [0.1, 0.15) is 0 Å². The number of halogens is 4. The van der Waals surface area contributed by atoms with Gasteiger partial charge in [-0.1, -0.05) is 17.7 Å². The highest BCUT2D eigenvalue weighted by Gasteiger charge is 2.47. The van der Waals surface area contributed by atoms with Gasteiger partial charge in [-0.2, -0.15) is 13.2 Å². The first kappa shape index (κ1) is 23.9. The number of benzene rings is 1. The van der Waals surface area contributed by atoms with Crippen LogP contribution in [0.5, 0.6) is 0 Å². The Bertz CT molecular complexity index is 1150. The number of rotatable bonds is 6. The minimum absolute atomic E-state index is 0.0420. The van der Waals surface area contributed by atoms with Crippen LogP contribution in [0.4, 0.5) is 18.9 Å². The zero-order chi connectivity index (χ0) is 24.9. The fourth-order valence-corrected chi connectivity index (χ4v) is 5.61. The van der Waals surface area contributed by atoms with Gasteiger partial charge in [-0.05, 0) is 66.5 Å². The molecule has 1 saturated carbocycles. The number of nitrogens with one attached hydrogen (secondary N) is 2. The van der Waals surface area contributed by atoms with Crippen LogP contribution in [-0.4, -0.2) is 47.5 Å². The average Bonchev–Trinajstić information content (AvgIpc) is 3.40. The fourth-order valence-electron chi connectivity index (χ4n) is 5.28. The summed E-state index contributed by atoms with van der Waals surface area (Å²) in [6.45, 7) is 0.0420. The van der Waals surface area contributed by atoms with Crippen molar-refractivity contribution in [1.29, 1.82) is 0 Å². The largest absolute Gasteiger partial charge is 0.414 e. The van der Waals surface area contributed by atoms with Crippen LogP contribution in [0.3, 0.4) is 0 Å². The van der Waals surface area contributed by atoms with Gasteiger partial charge in [0, 0.05) is 31.1 Å². The molecule has 5 rings (SSSR count). The lowest BCUT2D eigenvalue weighted by atomic mass is 9.99. The van der Waals surface area contributed by atoms with Gasteiger partial charge in [0.05, 0.1) is 23.5 Å². The lowest BCUT2D eigenvalue weighted by Crippen LogP contribution is -2.43. The third-order valence-electron chi connectivity index (χ3n) is 7.11. The molecule has 0 bridgehead atoms. The molecule has 186 valence electrons. The van der Waals surface area contributed by atoms with Crippen LogP contribution in [0, 0.1) is 5.92 Å². The molecule has 2 heterocycles. The van der Waals surface area contributed by atoms with Crippen LogP contribution in [0.15, 0.2) is 30.5 Å². The average molecular weight is 507 g/mol. The molecule has 3 atom stereocenters. The first-order valence-electron chi connectivity index (χ1n) is 11.7. The summed E-state index contributed by atoms with van der Waals surface area (Å²) in [6, 6.07) is 4.79. The van der Waals surface area contributed by atoms with E-state index in [-0.39, 0.29) is 30.6 Å². The number of pyridine rings is 1. The number of aromatic nitrogens is 1. The molecule has 1 aromatic heterocycles. The van der Waals surface area contributed by atoms with E-state index in [4.69, 9.17) is 11.6 Å². The molecule has 6 nitrogen and oxygen atoms in total. The van der Waals surface area contributed by atoms with E-state index in [0.717, 1.165) is 37.8 Å². The predicted octanol–water partition coefficient (Wildman–Crippen LogP) is 4.39. The van der Waals surface area contributed by atoms with Crippen molar-refractivity contribution in [1.82, 2.24) is 15.2 Å². The van der Waals surface area contributed by atoms with Gasteiger partial charge in [0.15, 0.2) is 6.04 Å². The third kappa shape index (κ3) is 4.83. The van der Waals surface area contributed by atoms with Crippen LogP contribution >= 0.6 is 11.6 Å². The topological polar surface area (TPSA) is 74.3 Å². The monoisotopic (exact) mass is 506 g/mol. The maximum atomic E-state index is 14.0. The van der Waals surface area contributed by atoms with E-state index >= 15 is 0 Å². The highest BCUT2D eigenvalue weighted by molar-refractivity contribution is 6.31. The van der Waals surface area contributed by atoms with Crippen molar-refractivity contribution < 1.29 is 22.8 Å². The van der Waals surface area contributed by atoms with E-state index in [1.807, 2.05) is 6.07 Å². The maximum absolute atomic E-state index is 14.0. The predicted molar refractivity (Wildman–Crippen MR) is 125 cm³/mol. The second-order valence-electron chi connectivity index (χ2n) is 9.69.